The lowest BCUT2D eigenvalue weighted by atomic mass is 10.1. The van der Waals surface area contributed by atoms with Gasteiger partial charge in [0.15, 0.2) is 11.0 Å². The van der Waals surface area contributed by atoms with Gasteiger partial charge < -0.3 is 14.6 Å². The summed E-state index contributed by atoms with van der Waals surface area (Å²) in [6.07, 6.45) is 0. The average Bonchev–Trinajstić information content (AvgIpc) is 3.07. The normalized spacial score (nSPS) is 11.9. The number of nitrogens with one attached hydrogen (secondary N) is 1. The largest absolute Gasteiger partial charge is 0.497 e. The van der Waals surface area contributed by atoms with Crippen molar-refractivity contribution in [3.8, 4) is 17.1 Å². The lowest BCUT2D eigenvalue weighted by Crippen LogP contribution is -2.28. The predicted molar refractivity (Wildman–Crippen MR) is 112 cm³/mol. The summed E-state index contributed by atoms with van der Waals surface area (Å²) < 4.78 is 7.05. The highest BCUT2D eigenvalue weighted by molar-refractivity contribution is 7.99. The van der Waals surface area contributed by atoms with Crippen molar-refractivity contribution in [2.24, 2.45) is 7.05 Å². The zero-order valence-electron chi connectivity index (χ0n) is 15.8. The monoisotopic (exact) mass is 416 g/mol. The summed E-state index contributed by atoms with van der Waals surface area (Å²) in [5.41, 5.74) is 1.94. The third-order valence-electron chi connectivity index (χ3n) is 4.26. The van der Waals surface area contributed by atoms with Crippen LogP contribution in [0.3, 0.4) is 0 Å². The highest BCUT2D eigenvalue weighted by Gasteiger charge is 2.14. The maximum Gasteiger partial charge on any atom is 0.230 e. The zero-order valence-corrected chi connectivity index (χ0v) is 17.4. The molecule has 0 bridgehead atoms. The smallest absolute Gasteiger partial charge is 0.230 e. The number of methoxy groups -OCH3 is 1. The van der Waals surface area contributed by atoms with E-state index in [4.69, 9.17) is 16.3 Å². The Morgan fingerprint density at radius 1 is 1.18 bits per heavy atom. The van der Waals surface area contributed by atoms with Gasteiger partial charge in [-0.2, -0.15) is 0 Å². The summed E-state index contributed by atoms with van der Waals surface area (Å²) in [5, 5.41) is 12.8. The quantitative estimate of drug-likeness (QED) is 0.587. The number of benzene rings is 2. The highest BCUT2D eigenvalue weighted by Crippen LogP contribution is 2.24. The number of ether oxygens (including phenoxy) is 1. The number of rotatable bonds is 7. The molecule has 2 aromatic carbocycles. The van der Waals surface area contributed by atoms with Gasteiger partial charge in [-0.05, 0) is 48.9 Å². The molecule has 8 heteroatoms. The van der Waals surface area contributed by atoms with Crippen LogP contribution in [-0.4, -0.2) is 33.5 Å². The van der Waals surface area contributed by atoms with E-state index < -0.39 is 0 Å². The number of hydrogen-bond acceptors (Lipinski definition) is 5. The van der Waals surface area contributed by atoms with Crippen LogP contribution in [0.4, 0.5) is 0 Å². The Labute approximate surface area is 173 Å². The van der Waals surface area contributed by atoms with E-state index in [9.17, 15) is 4.79 Å². The van der Waals surface area contributed by atoms with Gasteiger partial charge in [-0.3, -0.25) is 4.79 Å². The van der Waals surface area contributed by atoms with Crippen LogP contribution in [0.1, 0.15) is 18.5 Å². The van der Waals surface area contributed by atoms with Crippen LogP contribution in [0.5, 0.6) is 5.75 Å². The predicted octanol–water partition coefficient (Wildman–Crippen LogP) is 4.11. The molecule has 146 valence electrons. The van der Waals surface area contributed by atoms with Gasteiger partial charge in [0, 0.05) is 17.6 Å². The lowest BCUT2D eigenvalue weighted by Gasteiger charge is -2.14. The van der Waals surface area contributed by atoms with Crippen molar-refractivity contribution in [2.45, 2.75) is 18.1 Å². The summed E-state index contributed by atoms with van der Waals surface area (Å²) >= 11 is 7.25. The van der Waals surface area contributed by atoms with Gasteiger partial charge in [0.05, 0.1) is 18.9 Å². The van der Waals surface area contributed by atoms with Gasteiger partial charge in [-0.15, -0.1) is 10.2 Å². The van der Waals surface area contributed by atoms with Crippen LogP contribution in [0.15, 0.2) is 53.7 Å². The molecule has 0 aliphatic carbocycles. The molecular formula is C20H21ClN4O2S. The molecule has 0 unspecified atom stereocenters. The highest BCUT2D eigenvalue weighted by atomic mass is 35.5. The van der Waals surface area contributed by atoms with Crippen LogP contribution in [0, 0.1) is 0 Å². The molecule has 1 aromatic heterocycles. The van der Waals surface area contributed by atoms with Gasteiger partial charge in [0.2, 0.25) is 5.91 Å². The molecule has 1 amide bonds. The first kappa shape index (κ1) is 20.2. The molecule has 0 fully saturated rings. The molecule has 3 aromatic rings. The number of nitrogens with zero attached hydrogens (tertiary/aromatic N) is 3. The second-order valence-electron chi connectivity index (χ2n) is 6.22. The number of hydrogen-bond donors (Lipinski definition) is 1. The summed E-state index contributed by atoms with van der Waals surface area (Å²) in [4.78, 5) is 12.3. The molecule has 0 aliphatic rings. The fourth-order valence-electron chi connectivity index (χ4n) is 2.68. The zero-order chi connectivity index (χ0) is 20.1. The Morgan fingerprint density at radius 2 is 1.86 bits per heavy atom. The van der Waals surface area contributed by atoms with E-state index in [1.165, 1.54) is 11.8 Å². The molecule has 0 aliphatic heterocycles. The van der Waals surface area contributed by atoms with Gasteiger partial charge in [0.25, 0.3) is 0 Å². The Kier molecular flexibility index (Phi) is 6.59. The molecule has 0 spiro atoms. The molecule has 1 heterocycles. The van der Waals surface area contributed by atoms with Crippen LogP contribution >= 0.6 is 23.4 Å². The van der Waals surface area contributed by atoms with Crippen LogP contribution < -0.4 is 10.1 Å². The van der Waals surface area contributed by atoms with Gasteiger partial charge in [-0.25, -0.2) is 0 Å². The van der Waals surface area contributed by atoms with Gasteiger partial charge in [0.1, 0.15) is 5.75 Å². The van der Waals surface area contributed by atoms with Crippen molar-refractivity contribution in [3.05, 3.63) is 59.1 Å². The van der Waals surface area contributed by atoms with Crippen molar-refractivity contribution >= 4 is 29.3 Å². The number of halogens is 1. The SMILES string of the molecule is COc1ccc(-c2nnc(SCC(=O)N[C@@H](C)c3ccc(Cl)cc3)n2C)cc1. The third-order valence-corrected chi connectivity index (χ3v) is 5.54. The summed E-state index contributed by atoms with van der Waals surface area (Å²) in [5.74, 6) is 1.71. The molecular weight excluding hydrogens is 396 g/mol. The van der Waals surface area contributed by atoms with Gasteiger partial charge in [-0.1, -0.05) is 35.5 Å². The maximum atomic E-state index is 12.3. The summed E-state index contributed by atoms with van der Waals surface area (Å²) in [7, 11) is 3.51. The average molecular weight is 417 g/mol. The van der Waals surface area contributed by atoms with E-state index in [-0.39, 0.29) is 17.7 Å². The standard InChI is InChI=1S/C20H21ClN4O2S/c1-13(14-4-8-16(21)9-5-14)22-18(26)12-28-20-24-23-19(25(20)2)15-6-10-17(27-3)11-7-15/h4-11,13H,12H2,1-3H3,(H,22,26)/t13-/m0/s1. The minimum atomic E-state index is -0.0975. The minimum Gasteiger partial charge on any atom is -0.497 e. The van der Waals surface area contributed by atoms with E-state index in [1.807, 2.05) is 67.1 Å². The van der Waals surface area contributed by atoms with Crippen molar-refractivity contribution < 1.29 is 9.53 Å². The molecule has 0 radical (unpaired) electrons. The molecule has 1 atom stereocenters. The Bertz CT molecular complexity index is 942. The molecule has 6 nitrogen and oxygen atoms in total. The molecule has 3 rings (SSSR count). The van der Waals surface area contributed by atoms with Crippen molar-refractivity contribution in [2.75, 3.05) is 12.9 Å². The molecule has 1 N–H and O–H groups in total. The van der Waals surface area contributed by atoms with E-state index in [1.54, 1.807) is 7.11 Å². The topological polar surface area (TPSA) is 69.0 Å². The van der Waals surface area contributed by atoms with E-state index >= 15 is 0 Å². The van der Waals surface area contributed by atoms with Crippen molar-refractivity contribution in [1.29, 1.82) is 0 Å². The minimum absolute atomic E-state index is 0.0681. The first-order valence-electron chi connectivity index (χ1n) is 8.69. The fourth-order valence-corrected chi connectivity index (χ4v) is 3.53. The molecule has 0 saturated heterocycles. The second-order valence-corrected chi connectivity index (χ2v) is 7.60. The van der Waals surface area contributed by atoms with Crippen molar-refractivity contribution in [1.82, 2.24) is 20.1 Å². The fraction of sp³-hybridized carbons (Fsp3) is 0.250. The third kappa shape index (κ3) is 4.85. The number of thioether (sulfide) groups is 1. The van der Waals surface area contributed by atoms with E-state index in [0.717, 1.165) is 22.7 Å². The summed E-state index contributed by atoms with van der Waals surface area (Å²) in [6, 6.07) is 15.0. The molecule has 0 saturated carbocycles. The number of carbonyl (C=O) groups excluding carboxylic acids is 1. The number of amides is 1. The number of carbonyl (C=O) groups is 1. The Hall–Kier alpha value is -2.51. The Balaban J connectivity index is 1.59. The molecule has 28 heavy (non-hydrogen) atoms. The lowest BCUT2D eigenvalue weighted by molar-refractivity contribution is -0.119. The van der Waals surface area contributed by atoms with E-state index in [0.29, 0.717) is 10.2 Å². The van der Waals surface area contributed by atoms with Gasteiger partial charge >= 0.3 is 0 Å². The first-order chi connectivity index (χ1) is 13.5. The van der Waals surface area contributed by atoms with Crippen LogP contribution in [-0.2, 0) is 11.8 Å². The first-order valence-corrected chi connectivity index (χ1v) is 10.1. The number of aromatic nitrogens is 3. The Morgan fingerprint density at radius 3 is 2.50 bits per heavy atom. The van der Waals surface area contributed by atoms with E-state index in [2.05, 4.69) is 15.5 Å². The summed E-state index contributed by atoms with van der Waals surface area (Å²) in [6.45, 7) is 1.94. The van der Waals surface area contributed by atoms with Crippen LogP contribution in [0.2, 0.25) is 5.02 Å². The maximum absolute atomic E-state index is 12.3. The van der Waals surface area contributed by atoms with Crippen LogP contribution in [0.25, 0.3) is 11.4 Å². The van der Waals surface area contributed by atoms with Crippen molar-refractivity contribution in [3.63, 3.8) is 0 Å². The second kappa shape index (κ2) is 9.12.